The normalized spacial score (nSPS) is 25.9. The molecule has 7 nitrogen and oxygen atoms in total. The van der Waals surface area contributed by atoms with Crippen molar-refractivity contribution in [2.24, 2.45) is 5.92 Å². The van der Waals surface area contributed by atoms with E-state index in [1.165, 1.54) is 32.7 Å². The fourth-order valence-corrected chi connectivity index (χ4v) is 5.42. The maximum atomic E-state index is 12.8. The molecule has 1 aromatic heterocycles. The van der Waals surface area contributed by atoms with Gasteiger partial charge in [-0.15, -0.1) is 0 Å². The van der Waals surface area contributed by atoms with Crippen LogP contribution >= 0.6 is 0 Å². The molecule has 1 atom stereocenters. The SMILES string of the molecule is CCn1ccc(C(=O)N2CCC3(CC2)C[C@H](N2CCN(CC(C)C)CC2)CCO3)n1. The summed E-state index contributed by atoms with van der Waals surface area (Å²) >= 11 is 0. The van der Waals surface area contributed by atoms with E-state index in [2.05, 4.69) is 28.7 Å². The lowest BCUT2D eigenvalue weighted by atomic mass is 9.81. The molecule has 3 fully saturated rings. The molecule has 7 heteroatoms. The highest BCUT2D eigenvalue weighted by Gasteiger charge is 2.43. The second kappa shape index (κ2) is 9.37. The number of piperazine rings is 1. The minimum absolute atomic E-state index is 0.0441. The van der Waals surface area contributed by atoms with Crippen LogP contribution in [0.2, 0.25) is 0 Å². The Labute approximate surface area is 181 Å². The number of amides is 1. The Morgan fingerprint density at radius 2 is 1.93 bits per heavy atom. The van der Waals surface area contributed by atoms with Gasteiger partial charge in [0.05, 0.1) is 5.60 Å². The maximum Gasteiger partial charge on any atom is 0.274 e. The molecule has 0 radical (unpaired) electrons. The van der Waals surface area contributed by atoms with E-state index in [4.69, 9.17) is 4.74 Å². The molecule has 4 rings (SSSR count). The summed E-state index contributed by atoms with van der Waals surface area (Å²) in [6, 6.07) is 2.46. The fraction of sp³-hybridized carbons (Fsp3) is 0.826. The summed E-state index contributed by atoms with van der Waals surface area (Å²) in [6.07, 6.45) is 6.02. The van der Waals surface area contributed by atoms with Crippen molar-refractivity contribution in [1.82, 2.24) is 24.5 Å². The number of aryl methyl sites for hydroxylation is 1. The van der Waals surface area contributed by atoms with Crippen molar-refractivity contribution >= 4 is 5.91 Å². The number of aromatic nitrogens is 2. The summed E-state index contributed by atoms with van der Waals surface area (Å²) in [5.41, 5.74) is 0.520. The van der Waals surface area contributed by atoms with E-state index in [1.54, 1.807) is 0 Å². The summed E-state index contributed by atoms with van der Waals surface area (Å²) in [4.78, 5) is 20.1. The van der Waals surface area contributed by atoms with Crippen LogP contribution in [0.5, 0.6) is 0 Å². The zero-order valence-electron chi connectivity index (χ0n) is 19.1. The molecule has 168 valence electrons. The van der Waals surface area contributed by atoms with Gasteiger partial charge in [0.2, 0.25) is 0 Å². The zero-order valence-corrected chi connectivity index (χ0v) is 19.1. The van der Waals surface area contributed by atoms with Crippen molar-refractivity contribution in [3.05, 3.63) is 18.0 Å². The van der Waals surface area contributed by atoms with Gasteiger partial charge in [-0.3, -0.25) is 14.4 Å². The van der Waals surface area contributed by atoms with Gasteiger partial charge in [-0.05, 0) is 44.6 Å². The molecule has 3 aliphatic rings. The Morgan fingerprint density at radius 3 is 2.57 bits per heavy atom. The number of hydrogen-bond acceptors (Lipinski definition) is 5. The molecule has 30 heavy (non-hydrogen) atoms. The Morgan fingerprint density at radius 1 is 1.20 bits per heavy atom. The molecule has 3 aliphatic heterocycles. The zero-order chi connectivity index (χ0) is 21.1. The molecule has 3 saturated heterocycles. The van der Waals surface area contributed by atoms with Crippen LogP contribution in [0.15, 0.2) is 12.3 Å². The first kappa shape index (κ1) is 21.8. The highest BCUT2D eigenvalue weighted by atomic mass is 16.5. The largest absolute Gasteiger partial charge is 0.375 e. The third kappa shape index (κ3) is 4.89. The van der Waals surface area contributed by atoms with Crippen molar-refractivity contribution in [3.63, 3.8) is 0 Å². The van der Waals surface area contributed by atoms with E-state index in [9.17, 15) is 4.79 Å². The minimum Gasteiger partial charge on any atom is -0.375 e. The van der Waals surface area contributed by atoms with E-state index in [1.807, 2.05) is 28.8 Å². The van der Waals surface area contributed by atoms with Crippen LogP contribution in [0.3, 0.4) is 0 Å². The number of ether oxygens (including phenoxy) is 1. The summed E-state index contributed by atoms with van der Waals surface area (Å²) in [5, 5.41) is 4.39. The quantitative estimate of drug-likeness (QED) is 0.736. The molecule has 0 saturated carbocycles. The first-order chi connectivity index (χ1) is 14.5. The summed E-state index contributed by atoms with van der Waals surface area (Å²) < 4.78 is 8.18. The van der Waals surface area contributed by atoms with E-state index >= 15 is 0 Å². The Hall–Kier alpha value is -1.44. The molecule has 0 aromatic carbocycles. The Bertz CT molecular complexity index is 702. The average Bonchev–Trinajstić information content (AvgIpc) is 3.23. The molecular weight excluding hydrogens is 378 g/mol. The maximum absolute atomic E-state index is 12.8. The van der Waals surface area contributed by atoms with Crippen LogP contribution in [-0.2, 0) is 11.3 Å². The number of carbonyl (C=O) groups excluding carboxylic acids is 1. The first-order valence-electron chi connectivity index (χ1n) is 11.9. The van der Waals surface area contributed by atoms with Gasteiger partial charge in [-0.2, -0.15) is 5.10 Å². The number of hydrogen-bond donors (Lipinski definition) is 0. The van der Waals surface area contributed by atoms with E-state index in [0.717, 1.165) is 57.8 Å². The second-order valence-corrected chi connectivity index (χ2v) is 9.76. The van der Waals surface area contributed by atoms with Crippen LogP contribution in [0.4, 0.5) is 0 Å². The van der Waals surface area contributed by atoms with Gasteiger partial charge in [0.25, 0.3) is 5.91 Å². The summed E-state index contributed by atoms with van der Waals surface area (Å²) in [7, 11) is 0. The van der Waals surface area contributed by atoms with Gasteiger partial charge in [0.1, 0.15) is 5.69 Å². The molecule has 0 bridgehead atoms. The van der Waals surface area contributed by atoms with Crippen molar-refractivity contribution in [2.45, 2.75) is 64.6 Å². The lowest BCUT2D eigenvalue weighted by molar-refractivity contribution is -0.132. The van der Waals surface area contributed by atoms with Gasteiger partial charge >= 0.3 is 0 Å². The monoisotopic (exact) mass is 417 g/mol. The van der Waals surface area contributed by atoms with Crippen molar-refractivity contribution < 1.29 is 9.53 Å². The summed E-state index contributed by atoms with van der Waals surface area (Å²) in [5.74, 6) is 0.803. The van der Waals surface area contributed by atoms with Crippen molar-refractivity contribution in [1.29, 1.82) is 0 Å². The standard InChI is InChI=1S/C23H39N5O2/c1-4-28-9-5-21(24-28)22(29)27-10-7-23(8-11-27)17-20(6-16-30-23)26-14-12-25(13-15-26)18-19(2)3/h5,9,19-20H,4,6-8,10-18H2,1-3H3/t20-/m1/s1. The Balaban J connectivity index is 1.29. The predicted molar refractivity (Wildman–Crippen MR) is 118 cm³/mol. The number of piperidine rings is 1. The second-order valence-electron chi connectivity index (χ2n) is 9.76. The van der Waals surface area contributed by atoms with E-state index in [0.29, 0.717) is 11.7 Å². The molecule has 1 aromatic rings. The lowest BCUT2D eigenvalue weighted by Crippen LogP contribution is -2.57. The third-order valence-electron chi connectivity index (χ3n) is 7.16. The number of nitrogens with zero attached hydrogens (tertiary/aromatic N) is 5. The minimum atomic E-state index is -0.0441. The van der Waals surface area contributed by atoms with Crippen LogP contribution in [0.25, 0.3) is 0 Å². The number of rotatable bonds is 5. The van der Waals surface area contributed by atoms with Crippen LogP contribution < -0.4 is 0 Å². The molecule has 0 unspecified atom stereocenters. The third-order valence-corrected chi connectivity index (χ3v) is 7.16. The van der Waals surface area contributed by atoms with Crippen molar-refractivity contribution in [3.8, 4) is 0 Å². The predicted octanol–water partition coefficient (Wildman–Crippen LogP) is 2.33. The molecule has 0 N–H and O–H groups in total. The molecular formula is C23H39N5O2. The topological polar surface area (TPSA) is 53.8 Å². The molecule has 1 amide bonds. The van der Waals surface area contributed by atoms with E-state index < -0.39 is 0 Å². The number of likely N-dealkylation sites (tertiary alicyclic amines) is 1. The van der Waals surface area contributed by atoms with Gasteiger partial charge in [0.15, 0.2) is 0 Å². The molecule has 1 spiro atoms. The van der Waals surface area contributed by atoms with Crippen LogP contribution in [0.1, 0.15) is 56.9 Å². The van der Waals surface area contributed by atoms with Gasteiger partial charge < -0.3 is 14.5 Å². The smallest absolute Gasteiger partial charge is 0.274 e. The van der Waals surface area contributed by atoms with Gasteiger partial charge in [0, 0.05) is 71.2 Å². The highest BCUT2D eigenvalue weighted by molar-refractivity contribution is 5.92. The molecule has 0 aliphatic carbocycles. The van der Waals surface area contributed by atoms with Gasteiger partial charge in [-0.1, -0.05) is 13.8 Å². The van der Waals surface area contributed by atoms with Crippen LogP contribution in [-0.4, -0.2) is 94.5 Å². The Kier molecular flexibility index (Phi) is 6.80. The van der Waals surface area contributed by atoms with Crippen molar-refractivity contribution in [2.75, 3.05) is 52.4 Å². The molecule has 4 heterocycles. The lowest BCUT2D eigenvalue weighted by Gasteiger charge is -2.49. The first-order valence-corrected chi connectivity index (χ1v) is 11.9. The summed E-state index contributed by atoms with van der Waals surface area (Å²) in [6.45, 7) is 15.8. The van der Waals surface area contributed by atoms with E-state index in [-0.39, 0.29) is 11.5 Å². The fourth-order valence-electron chi connectivity index (χ4n) is 5.42. The van der Waals surface area contributed by atoms with Gasteiger partial charge in [-0.25, -0.2) is 0 Å². The number of carbonyl (C=O) groups is 1. The highest BCUT2D eigenvalue weighted by Crippen LogP contribution is 2.37. The average molecular weight is 418 g/mol. The van der Waals surface area contributed by atoms with Crippen LogP contribution in [0, 0.1) is 5.92 Å².